The van der Waals surface area contributed by atoms with Crippen LogP contribution >= 0.6 is 0 Å². The number of phenolic OH excluding ortho intramolecular Hbond substituents is 1. The van der Waals surface area contributed by atoms with Gasteiger partial charge in [0.15, 0.2) is 5.69 Å². The molecule has 0 atom stereocenters. The van der Waals surface area contributed by atoms with E-state index in [-0.39, 0.29) is 33.6 Å². The standard InChI is InChI=1S/C19H15F6N5O/c20-18(21,22)16-9-17(19(23,24)25)30(28-16)13-6-4-12(5-7-13)29(27)10-15(26)11-2-1-3-14(31)8-11/h1-10,31H,26-27H2/b15-10-. The summed E-state index contributed by atoms with van der Waals surface area (Å²) < 4.78 is 78.2. The van der Waals surface area contributed by atoms with Gasteiger partial charge in [-0.3, -0.25) is 5.01 Å². The highest BCUT2D eigenvalue weighted by Crippen LogP contribution is 2.36. The van der Waals surface area contributed by atoms with Gasteiger partial charge in [0, 0.05) is 17.8 Å². The first-order valence-electron chi connectivity index (χ1n) is 8.52. The number of phenols is 1. The Hall–Kier alpha value is -3.67. The lowest BCUT2D eigenvalue weighted by Crippen LogP contribution is -2.25. The van der Waals surface area contributed by atoms with Crippen LogP contribution in [-0.2, 0) is 12.4 Å². The first-order valence-corrected chi connectivity index (χ1v) is 8.52. The summed E-state index contributed by atoms with van der Waals surface area (Å²) in [5, 5.41) is 13.6. The quantitative estimate of drug-likeness (QED) is 0.319. The number of alkyl halides is 6. The zero-order valence-corrected chi connectivity index (χ0v) is 15.5. The minimum absolute atomic E-state index is 0.0142. The van der Waals surface area contributed by atoms with Crippen LogP contribution < -0.4 is 16.6 Å². The summed E-state index contributed by atoms with van der Waals surface area (Å²) in [5.74, 6) is 5.87. The summed E-state index contributed by atoms with van der Waals surface area (Å²) in [6.07, 6.45) is -8.78. The maximum absolute atomic E-state index is 13.2. The molecule has 3 rings (SSSR count). The van der Waals surface area contributed by atoms with Crippen molar-refractivity contribution < 1.29 is 31.4 Å². The molecular formula is C19H15F6N5O. The second-order valence-corrected chi connectivity index (χ2v) is 6.38. The molecule has 0 spiro atoms. The van der Waals surface area contributed by atoms with Crippen molar-refractivity contribution >= 4 is 11.4 Å². The molecule has 0 radical (unpaired) electrons. The minimum atomic E-state index is -5.05. The van der Waals surface area contributed by atoms with Crippen LogP contribution in [0.5, 0.6) is 5.75 Å². The molecule has 0 aliphatic rings. The number of nitrogens with two attached hydrogens (primary N) is 2. The largest absolute Gasteiger partial charge is 0.508 e. The van der Waals surface area contributed by atoms with Crippen LogP contribution in [0.3, 0.4) is 0 Å². The number of hydrogen-bond donors (Lipinski definition) is 3. The molecule has 5 N–H and O–H groups in total. The van der Waals surface area contributed by atoms with Crippen LogP contribution in [0.4, 0.5) is 32.0 Å². The molecular weight excluding hydrogens is 428 g/mol. The van der Waals surface area contributed by atoms with E-state index in [1.54, 1.807) is 12.1 Å². The fraction of sp³-hybridized carbons (Fsp3) is 0.105. The smallest absolute Gasteiger partial charge is 0.435 e. The highest BCUT2D eigenvalue weighted by molar-refractivity contribution is 5.67. The Morgan fingerprint density at radius 2 is 1.61 bits per heavy atom. The van der Waals surface area contributed by atoms with Crippen LogP contribution in [0.15, 0.2) is 60.8 Å². The maximum atomic E-state index is 13.2. The third kappa shape index (κ3) is 4.91. The summed E-state index contributed by atoms with van der Waals surface area (Å²) >= 11 is 0. The van der Waals surface area contributed by atoms with Gasteiger partial charge >= 0.3 is 12.4 Å². The van der Waals surface area contributed by atoms with E-state index in [0.717, 1.165) is 17.1 Å². The summed E-state index contributed by atoms with van der Waals surface area (Å²) in [7, 11) is 0. The molecule has 12 heteroatoms. The number of hydrogen-bond acceptors (Lipinski definition) is 5. The Morgan fingerprint density at radius 3 is 2.16 bits per heavy atom. The molecule has 0 amide bonds. The molecule has 6 nitrogen and oxygen atoms in total. The van der Waals surface area contributed by atoms with E-state index < -0.39 is 23.7 Å². The number of benzene rings is 2. The number of aromatic hydroxyl groups is 1. The second kappa shape index (κ2) is 7.87. The number of hydrazine groups is 1. The third-order valence-electron chi connectivity index (χ3n) is 4.14. The van der Waals surface area contributed by atoms with Crippen LogP contribution in [0.25, 0.3) is 11.4 Å². The molecule has 31 heavy (non-hydrogen) atoms. The van der Waals surface area contributed by atoms with Crippen molar-refractivity contribution in [3.8, 4) is 11.4 Å². The Morgan fingerprint density at radius 1 is 0.968 bits per heavy atom. The van der Waals surface area contributed by atoms with Gasteiger partial charge in [0.25, 0.3) is 0 Å². The zero-order chi connectivity index (χ0) is 23.0. The molecule has 1 heterocycles. The molecule has 164 valence electrons. The Balaban J connectivity index is 1.91. The van der Waals surface area contributed by atoms with Gasteiger partial charge in [-0.25, -0.2) is 10.5 Å². The van der Waals surface area contributed by atoms with Gasteiger partial charge in [-0.2, -0.15) is 31.4 Å². The van der Waals surface area contributed by atoms with Crippen LogP contribution in [0, 0.1) is 0 Å². The van der Waals surface area contributed by atoms with Gasteiger partial charge < -0.3 is 10.8 Å². The first-order chi connectivity index (χ1) is 14.4. The van der Waals surface area contributed by atoms with Crippen molar-refractivity contribution in [3.63, 3.8) is 0 Å². The molecule has 0 unspecified atom stereocenters. The first kappa shape index (κ1) is 22.0. The fourth-order valence-corrected chi connectivity index (χ4v) is 2.67. The molecule has 0 aliphatic heterocycles. The number of anilines is 1. The zero-order valence-electron chi connectivity index (χ0n) is 15.5. The predicted molar refractivity (Wildman–Crippen MR) is 101 cm³/mol. The fourth-order valence-electron chi connectivity index (χ4n) is 2.67. The van der Waals surface area contributed by atoms with Gasteiger partial charge in [-0.1, -0.05) is 12.1 Å². The highest BCUT2D eigenvalue weighted by atomic mass is 19.4. The summed E-state index contributed by atoms with van der Waals surface area (Å²) in [6.45, 7) is 0. The monoisotopic (exact) mass is 443 g/mol. The van der Waals surface area contributed by atoms with Crippen molar-refractivity contribution in [1.82, 2.24) is 9.78 Å². The van der Waals surface area contributed by atoms with Crippen molar-refractivity contribution in [2.45, 2.75) is 12.4 Å². The van der Waals surface area contributed by atoms with Crippen molar-refractivity contribution in [3.05, 3.63) is 77.7 Å². The van der Waals surface area contributed by atoms with Gasteiger partial charge in [-0.15, -0.1) is 0 Å². The highest BCUT2D eigenvalue weighted by Gasteiger charge is 2.42. The number of halogens is 6. The van der Waals surface area contributed by atoms with Crippen LogP contribution in [-0.4, -0.2) is 14.9 Å². The molecule has 0 aliphatic carbocycles. The third-order valence-corrected chi connectivity index (χ3v) is 4.14. The molecule has 1 aromatic heterocycles. The molecule has 0 saturated carbocycles. The average Bonchev–Trinajstić information content (AvgIpc) is 3.14. The van der Waals surface area contributed by atoms with E-state index in [9.17, 15) is 31.4 Å². The van der Waals surface area contributed by atoms with Crippen molar-refractivity contribution in [2.24, 2.45) is 11.6 Å². The van der Waals surface area contributed by atoms with E-state index in [4.69, 9.17) is 11.6 Å². The van der Waals surface area contributed by atoms with E-state index in [2.05, 4.69) is 5.10 Å². The summed E-state index contributed by atoms with van der Waals surface area (Å²) in [5.41, 5.74) is 3.38. The maximum Gasteiger partial charge on any atom is 0.435 e. The second-order valence-electron chi connectivity index (χ2n) is 6.38. The van der Waals surface area contributed by atoms with Crippen LogP contribution in [0.2, 0.25) is 0 Å². The Labute approximate surface area is 171 Å². The van der Waals surface area contributed by atoms with Gasteiger partial charge in [-0.05, 0) is 36.4 Å². The summed E-state index contributed by atoms with van der Waals surface area (Å²) in [6, 6.07) is 10.8. The SMILES string of the molecule is N/C(=C\N(N)c1ccc(-n2nc(C(F)(F)F)cc2C(F)(F)F)cc1)c1cccc(O)c1. The van der Waals surface area contributed by atoms with Gasteiger partial charge in [0.1, 0.15) is 11.4 Å². The summed E-state index contributed by atoms with van der Waals surface area (Å²) in [4.78, 5) is 0. The molecule has 0 bridgehead atoms. The van der Waals surface area contributed by atoms with E-state index in [1.807, 2.05) is 0 Å². The predicted octanol–water partition coefficient (Wildman–Crippen LogP) is 4.25. The lowest BCUT2D eigenvalue weighted by atomic mass is 10.1. The Kier molecular flexibility index (Phi) is 5.59. The molecule has 3 aromatic rings. The average molecular weight is 443 g/mol. The number of rotatable bonds is 4. The Bertz CT molecular complexity index is 1100. The molecule has 0 saturated heterocycles. The minimum Gasteiger partial charge on any atom is -0.508 e. The lowest BCUT2D eigenvalue weighted by Gasteiger charge is -2.16. The number of nitrogens with zero attached hydrogens (tertiary/aromatic N) is 3. The van der Waals surface area contributed by atoms with Crippen LogP contribution in [0.1, 0.15) is 17.0 Å². The van der Waals surface area contributed by atoms with E-state index >= 15 is 0 Å². The van der Waals surface area contributed by atoms with E-state index in [0.29, 0.717) is 5.56 Å². The normalized spacial score (nSPS) is 12.8. The molecule has 2 aromatic carbocycles. The lowest BCUT2D eigenvalue weighted by molar-refractivity contribution is -0.143. The van der Waals surface area contributed by atoms with Gasteiger partial charge in [0.2, 0.25) is 0 Å². The van der Waals surface area contributed by atoms with Crippen molar-refractivity contribution in [2.75, 3.05) is 5.01 Å². The van der Waals surface area contributed by atoms with Gasteiger partial charge in [0.05, 0.1) is 17.1 Å². The molecule has 0 fully saturated rings. The number of aromatic nitrogens is 2. The topological polar surface area (TPSA) is 93.3 Å². The van der Waals surface area contributed by atoms with E-state index in [1.165, 1.54) is 30.5 Å². The van der Waals surface area contributed by atoms with Crippen molar-refractivity contribution in [1.29, 1.82) is 0 Å².